The first-order valence-electron chi connectivity index (χ1n) is 6.24. The Morgan fingerprint density at radius 3 is 2.18 bits per heavy atom. The van der Waals surface area contributed by atoms with Crippen molar-refractivity contribution in [2.24, 2.45) is 5.41 Å². The molecule has 2 heteroatoms. The zero-order valence-electron chi connectivity index (χ0n) is 11.5. The molecule has 0 aromatic heterocycles. The van der Waals surface area contributed by atoms with Gasteiger partial charge in [-0.1, -0.05) is 51.1 Å². The van der Waals surface area contributed by atoms with E-state index in [9.17, 15) is 4.79 Å². The molecule has 0 heterocycles. The summed E-state index contributed by atoms with van der Waals surface area (Å²) < 4.78 is 0. The number of rotatable bonds is 3. The molecular formula is C15H23NO. The quantitative estimate of drug-likeness (QED) is 0.780. The van der Waals surface area contributed by atoms with Gasteiger partial charge < -0.3 is 4.90 Å². The van der Waals surface area contributed by atoms with E-state index >= 15 is 0 Å². The lowest BCUT2D eigenvalue weighted by atomic mass is 9.93. The van der Waals surface area contributed by atoms with Crippen LogP contribution in [0.15, 0.2) is 30.3 Å². The van der Waals surface area contributed by atoms with E-state index in [2.05, 4.69) is 19.1 Å². The summed E-state index contributed by atoms with van der Waals surface area (Å²) in [5.74, 6) is 0.205. The van der Waals surface area contributed by atoms with E-state index in [1.807, 2.05) is 50.8 Å². The number of carbonyl (C=O) groups is 1. The minimum Gasteiger partial charge on any atom is -0.336 e. The van der Waals surface area contributed by atoms with Crippen LogP contribution in [0.5, 0.6) is 0 Å². The van der Waals surface area contributed by atoms with Gasteiger partial charge in [-0.25, -0.2) is 0 Å². The second-order valence-corrected chi connectivity index (χ2v) is 5.43. The van der Waals surface area contributed by atoms with E-state index in [1.165, 1.54) is 5.56 Å². The largest absolute Gasteiger partial charge is 0.336 e. The van der Waals surface area contributed by atoms with E-state index in [-0.39, 0.29) is 17.4 Å². The number of benzene rings is 1. The Hall–Kier alpha value is -1.31. The van der Waals surface area contributed by atoms with Crippen LogP contribution in [-0.2, 0) is 4.79 Å². The van der Waals surface area contributed by atoms with Crippen LogP contribution in [0.3, 0.4) is 0 Å². The summed E-state index contributed by atoms with van der Waals surface area (Å²) in [4.78, 5) is 14.3. The number of hydrogen-bond acceptors (Lipinski definition) is 1. The molecule has 0 fully saturated rings. The highest BCUT2D eigenvalue weighted by Crippen LogP contribution is 2.26. The van der Waals surface area contributed by atoms with E-state index in [4.69, 9.17) is 0 Å². The van der Waals surface area contributed by atoms with Gasteiger partial charge in [0.1, 0.15) is 0 Å². The van der Waals surface area contributed by atoms with Crippen molar-refractivity contribution in [3.8, 4) is 0 Å². The van der Waals surface area contributed by atoms with Crippen molar-refractivity contribution in [3.63, 3.8) is 0 Å². The van der Waals surface area contributed by atoms with E-state index < -0.39 is 0 Å². The number of amides is 1. The fourth-order valence-electron chi connectivity index (χ4n) is 1.94. The molecule has 17 heavy (non-hydrogen) atoms. The third-order valence-electron chi connectivity index (χ3n) is 2.99. The lowest BCUT2D eigenvalue weighted by Crippen LogP contribution is -2.40. The maximum Gasteiger partial charge on any atom is 0.228 e. The first-order valence-corrected chi connectivity index (χ1v) is 6.24. The predicted octanol–water partition coefficient (Wildman–Crippen LogP) is 3.64. The van der Waals surface area contributed by atoms with Crippen molar-refractivity contribution in [1.82, 2.24) is 4.90 Å². The molecule has 0 N–H and O–H groups in total. The van der Waals surface area contributed by atoms with Crippen molar-refractivity contribution < 1.29 is 4.79 Å². The Bertz CT molecular complexity index is 364. The van der Waals surface area contributed by atoms with E-state index in [0.29, 0.717) is 0 Å². The van der Waals surface area contributed by atoms with Crippen LogP contribution in [0.2, 0.25) is 0 Å². The van der Waals surface area contributed by atoms with Gasteiger partial charge in [0.2, 0.25) is 5.91 Å². The van der Waals surface area contributed by atoms with Crippen molar-refractivity contribution in [2.75, 3.05) is 6.54 Å². The Kier molecular flexibility index (Phi) is 4.33. The van der Waals surface area contributed by atoms with Crippen LogP contribution >= 0.6 is 0 Å². The van der Waals surface area contributed by atoms with Gasteiger partial charge in [0.15, 0.2) is 0 Å². The van der Waals surface area contributed by atoms with Gasteiger partial charge >= 0.3 is 0 Å². The minimum absolute atomic E-state index is 0.132. The van der Waals surface area contributed by atoms with Crippen LogP contribution in [0.1, 0.15) is 46.2 Å². The first kappa shape index (κ1) is 13.8. The second-order valence-electron chi connectivity index (χ2n) is 5.43. The summed E-state index contributed by atoms with van der Waals surface area (Å²) >= 11 is 0. The molecule has 0 radical (unpaired) electrons. The number of nitrogens with zero attached hydrogens (tertiary/aromatic N) is 1. The standard InChI is InChI=1S/C15H23NO/c1-6-16(14(17)15(3,4)5)12(2)13-10-8-7-9-11-13/h7-12H,6H2,1-5H3. The Balaban J connectivity index is 2.93. The lowest BCUT2D eigenvalue weighted by Gasteiger charge is -2.33. The molecule has 1 atom stereocenters. The fraction of sp³-hybridized carbons (Fsp3) is 0.533. The van der Waals surface area contributed by atoms with Gasteiger partial charge in [-0.3, -0.25) is 4.79 Å². The Morgan fingerprint density at radius 2 is 1.76 bits per heavy atom. The third-order valence-corrected chi connectivity index (χ3v) is 2.99. The minimum atomic E-state index is -0.320. The lowest BCUT2D eigenvalue weighted by molar-refractivity contribution is -0.141. The van der Waals surface area contributed by atoms with Crippen LogP contribution in [-0.4, -0.2) is 17.4 Å². The highest BCUT2D eigenvalue weighted by Gasteiger charge is 2.29. The molecule has 1 aromatic carbocycles. The molecule has 0 bridgehead atoms. The summed E-state index contributed by atoms with van der Waals surface area (Å²) in [6, 6.07) is 10.3. The molecule has 0 saturated heterocycles. The Labute approximate surface area is 105 Å². The smallest absolute Gasteiger partial charge is 0.228 e. The molecule has 0 spiro atoms. The molecule has 0 aliphatic heterocycles. The normalized spacial score (nSPS) is 13.2. The van der Waals surface area contributed by atoms with Crippen molar-refractivity contribution in [3.05, 3.63) is 35.9 Å². The van der Waals surface area contributed by atoms with Crippen LogP contribution in [0.4, 0.5) is 0 Å². The monoisotopic (exact) mass is 233 g/mol. The van der Waals surface area contributed by atoms with Gasteiger partial charge in [0, 0.05) is 12.0 Å². The van der Waals surface area contributed by atoms with Gasteiger partial charge in [-0.2, -0.15) is 0 Å². The molecule has 0 saturated carbocycles. The highest BCUT2D eigenvalue weighted by molar-refractivity contribution is 5.81. The fourth-order valence-corrected chi connectivity index (χ4v) is 1.94. The maximum absolute atomic E-state index is 12.3. The molecule has 1 amide bonds. The first-order chi connectivity index (χ1) is 7.88. The maximum atomic E-state index is 12.3. The summed E-state index contributed by atoms with van der Waals surface area (Å²) in [7, 11) is 0. The third kappa shape index (κ3) is 3.32. The average molecular weight is 233 g/mol. The van der Waals surface area contributed by atoms with Crippen molar-refractivity contribution in [1.29, 1.82) is 0 Å². The number of hydrogen-bond donors (Lipinski definition) is 0. The summed E-state index contributed by atoms with van der Waals surface area (Å²) in [5, 5.41) is 0. The van der Waals surface area contributed by atoms with Crippen LogP contribution in [0, 0.1) is 5.41 Å². The van der Waals surface area contributed by atoms with Crippen LogP contribution < -0.4 is 0 Å². The average Bonchev–Trinajstić information content (AvgIpc) is 2.29. The molecule has 0 aliphatic carbocycles. The molecule has 94 valence electrons. The van der Waals surface area contributed by atoms with Gasteiger partial charge in [0.25, 0.3) is 0 Å². The van der Waals surface area contributed by atoms with Crippen molar-refractivity contribution in [2.45, 2.75) is 40.7 Å². The molecule has 1 unspecified atom stereocenters. The Morgan fingerprint density at radius 1 is 1.24 bits per heavy atom. The molecular weight excluding hydrogens is 210 g/mol. The summed E-state index contributed by atoms with van der Waals surface area (Å²) in [5.41, 5.74) is 0.867. The van der Waals surface area contributed by atoms with Crippen LogP contribution in [0.25, 0.3) is 0 Å². The van der Waals surface area contributed by atoms with Gasteiger partial charge in [-0.15, -0.1) is 0 Å². The summed E-state index contributed by atoms with van der Waals surface area (Å²) in [6.07, 6.45) is 0. The summed E-state index contributed by atoms with van der Waals surface area (Å²) in [6.45, 7) is 10.8. The van der Waals surface area contributed by atoms with E-state index in [0.717, 1.165) is 6.54 Å². The zero-order chi connectivity index (χ0) is 13.1. The topological polar surface area (TPSA) is 20.3 Å². The molecule has 2 nitrogen and oxygen atoms in total. The predicted molar refractivity (Wildman–Crippen MR) is 71.7 cm³/mol. The van der Waals surface area contributed by atoms with E-state index in [1.54, 1.807) is 0 Å². The zero-order valence-corrected chi connectivity index (χ0v) is 11.5. The molecule has 0 aliphatic rings. The van der Waals surface area contributed by atoms with Gasteiger partial charge in [0.05, 0.1) is 6.04 Å². The number of carbonyl (C=O) groups excluding carboxylic acids is 1. The molecule has 1 aromatic rings. The highest BCUT2D eigenvalue weighted by atomic mass is 16.2. The SMILES string of the molecule is CCN(C(=O)C(C)(C)C)C(C)c1ccccc1. The van der Waals surface area contributed by atoms with Crippen molar-refractivity contribution >= 4 is 5.91 Å². The molecule has 1 rings (SSSR count). The second kappa shape index (κ2) is 5.35. The van der Waals surface area contributed by atoms with Gasteiger partial charge in [-0.05, 0) is 19.4 Å².